The maximum Gasteiger partial charge on any atom is 0.252 e. The van der Waals surface area contributed by atoms with Crippen molar-refractivity contribution in [1.82, 2.24) is 10.6 Å². The highest BCUT2D eigenvalue weighted by Crippen LogP contribution is 2.13. The standard InChI is InChI=1S/C8H15N3O2/c1-8(4-5-13-3)6(12)10-7(9-2)11-8/h4-5H2,1-3H3,(H2,9,10,11,12). The van der Waals surface area contributed by atoms with Crippen LogP contribution in [0.15, 0.2) is 4.99 Å². The lowest BCUT2D eigenvalue weighted by Gasteiger charge is -2.19. The van der Waals surface area contributed by atoms with Crippen LogP contribution >= 0.6 is 0 Å². The van der Waals surface area contributed by atoms with Crippen LogP contribution in [0.25, 0.3) is 0 Å². The predicted molar refractivity (Wildman–Crippen MR) is 49.5 cm³/mol. The molecule has 0 radical (unpaired) electrons. The number of hydrogen-bond donors (Lipinski definition) is 2. The Morgan fingerprint density at radius 2 is 2.31 bits per heavy atom. The fraction of sp³-hybridized carbons (Fsp3) is 0.750. The normalized spacial score (nSPS) is 30.4. The summed E-state index contributed by atoms with van der Waals surface area (Å²) in [4.78, 5) is 15.3. The summed E-state index contributed by atoms with van der Waals surface area (Å²) in [5, 5.41) is 5.66. The van der Waals surface area contributed by atoms with Gasteiger partial charge >= 0.3 is 0 Å². The quantitative estimate of drug-likeness (QED) is 0.622. The van der Waals surface area contributed by atoms with Gasteiger partial charge in [-0.25, -0.2) is 0 Å². The van der Waals surface area contributed by atoms with Crippen LogP contribution in [0, 0.1) is 0 Å². The van der Waals surface area contributed by atoms with Gasteiger partial charge in [-0.2, -0.15) is 0 Å². The van der Waals surface area contributed by atoms with Crippen molar-refractivity contribution >= 4 is 11.9 Å². The Morgan fingerprint density at radius 1 is 1.62 bits per heavy atom. The van der Waals surface area contributed by atoms with E-state index in [2.05, 4.69) is 15.6 Å². The molecule has 0 saturated carbocycles. The first-order valence-corrected chi connectivity index (χ1v) is 4.18. The summed E-state index contributed by atoms with van der Waals surface area (Å²) < 4.78 is 4.93. The van der Waals surface area contributed by atoms with Crippen LogP contribution in [0.2, 0.25) is 0 Å². The van der Waals surface area contributed by atoms with Crippen molar-refractivity contribution < 1.29 is 9.53 Å². The first kappa shape index (κ1) is 9.98. The zero-order valence-electron chi connectivity index (χ0n) is 8.18. The Labute approximate surface area is 77.6 Å². The third-order valence-corrected chi connectivity index (χ3v) is 2.16. The molecule has 5 heteroatoms. The molecule has 1 atom stereocenters. The third-order valence-electron chi connectivity index (χ3n) is 2.16. The second kappa shape index (κ2) is 3.74. The summed E-state index contributed by atoms with van der Waals surface area (Å²) in [5.74, 6) is 0.480. The molecule has 0 aromatic rings. The second-order valence-corrected chi connectivity index (χ2v) is 3.23. The van der Waals surface area contributed by atoms with Crippen molar-refractivity contribution in [2.24, 2.45) is 4.99 Å². The highest BCUT2D eigenvalue weighted by atomic mass is 16.5. The molecule has 1 aliphatic rings. The van der Waals surface area contributed by atoms with E-state index >= 15 is 0 Å². The summed E-state index contributed by atoms with van der Waals surface area (Å²) in [6.07, 6.45) is 0.633. The van der Waals surface area contributed by atoms with Gasteiger partial charge in [0.05, 0.1) is 0 Å². The number of amides is 1. The summed E-state index contributed by atoms with van der Waals surface area (Å²) >= 11 is 0. The van der Waals surface area contributed by atoms with Crippen LogP contribution in [0.5, 0.6) is 0 Å². The van der Waals surface area contributed by atoms with Gasteiger partial charge in [0.25, 0.3) is 5.91 Å². The molecule has 0 spiro atoms. The van der Waals surface area contributed by atoms with Crippen molar-refractivity contribution in [2.75, 3.05) is 20.8 Å². The maximum absolute atomic E-state index is 11.5. The maximum atomic E-state index is 11.5. The van der Waals surface area contributed by atoms with E-state index in [1.54, 1.807) is 14.2 Å². The largest absolute Gasteiger partial charge is 0.385 e. The fourth-order valence-electron chi connectivity index (χ4n) is 1.19. The SMILES string of the molecule is CN=C1NC(=O)C(C)(CCOC)N1. The van der Waals surface area contributed by atoms with Gasteiger partial charge in [0.15, 0.2) is 5.96 Å². The van der Waals surface area contributed by atoms with Crippen molar-refractivity contribution in [3.8, 4) is 0 Å². The van der Waals surface area contributed by atoms with E-state index in [1.165, 1.54) is 0 Å². The summed E-state index contributed by atoms with van der Waals surface area (Å²) in [5.41, 5.74) is -0.579. The van der Waals surface area contributed by atoms with Crippen LogP contribution in [-0.4, -0.2) is 38.2 Å². The molecule has 0 aromatic carbocycles. The molecule has 1 rings (SSSR count). The van der Waals surface area contributed by atoms with Crippen molar-refractivity contribution in [1.29, 1.82) is 0 Å². The van der Waals surface area contributed by atoms with Crippen LogP contribution in [0.4, 0.5) is 0 Å². The first-order valence-electron chi connectivity index (χ1n) is 4.18. The Kier molecular flexibility index (Phi) is 2.87. The molecule has 1 aliphatic heterocycles. The zero-order valence-corrected chi connectivity index (χ0v) is 8.18. The first-order chi connectivity index (χ1) is 6.12. The number of hydrogen-bond acceptors (Lipinski definition) is 3. The number of guanidine groups is 1. The molecular formula is C8H15N3O2. The number of ether oxygens (including phenoxy) is 1. The zero-order chi connectivity index (χ0) is 9.90. The van der Waals surface area contributed by atoms with Crippen molar-refractivity contribution in [3.05, 3.63) is 0 Å². The van der Waals surface area contributed by atoms with Crippen LogP contribution in [0.3, 0.4) is 0 Å². The molecule has 0 aliphatic carbocycles. The Hall–Kier alpha value is -1.10. The monoisotopic (exact) mass is 185 g/mol. The molecular weight excluding hydrogens is 170 g/mol. The van der Waals surface area contributed by atoms with E-state index in [1.807, 2.05) is 6.92 Å². The minimum Gasteiger partial charge on any atom is -0.385 e. The Bertz CT molecular complexity index is 240. The van der Waals surface area contributed by atoms with Gasteiger partial charge in [-0.05, 0) is 6.92 Å². The van der Waals surface area contributed by atoms with Gasteiger partial charge in [0.1, 0.15) is 5.54 Å². The highest BCUT2D eigenvalue weighted by Gasteiger charge is 2.39. The number of aliphatic imine (C=N–C) groups is 1. The molecule has 0 aromatic heterocycles. The number of rotatable bonds is 3. The molecule has 1 saturated heterocycles. The van der Waals surface area contributed by atoms with Gasteiger partial charge < -0.3 is 10.1 Å². The average Bonchev–Trinajstić information content (AvgIpc) is 2.40. The minimum absolute atomic E-state index is 0.0508. The Balaban J connectivity index is 2.63. The average molecular weight is 185 g/mol. The van der Waals surface area contributed by atoms with Gasteiger partial charge in [0, 0.05) is 27.2 Å². The van der Waals surface area contributed by atoms with E-state index in [-0.39, 0.29) is 5.91 Å². The molecule has 1 fully saturated rings. The third kappa shape index (κ3) is 1.98. The molecule has 2 N–H and O–H groups in total. The fourth-order valence-corrected chi connectivity index (χ4v) is 1.19. The van der Waals surface area contributed by atoms with Gasteiger partial charge in [0.2, 0.25) is 0 Å². The summed E-state index contributed by atoms with van der Waals surface area (Å²) in [7, 11) is 3.25. The number of nitrogens with one attached hydrogen (secondary N) is 2. The van der Waals surface area contributed by atoms with E-state index in [9.17, 15) is 4.79 Å². The Morgan fingerprint density at radius 3 is 2.77 bits per heavy atom. The lowest BCUT2D eigenvalue weighted by atomic mass is 9.99. The lowest BCUT2D eigenvalue weighted by molar-refractivity contribution is -0.123. The van der Waals surface area contributed by atoms with Crippen LogP contribution < -0.4 is 10.6 Å². The number of carbonyl (C=O) groups is 1. The van der Waals surface area contributed by atoms with E-state index in [0.29, 0.717) is 19.0 Å². The van der Waals surface area contributed by atoms with Gasteiger partial charge in [-0.1, -0.05) is 0 Å². The molecule has 1 amide bonds. The molecule has 0 bridgehead atoms. The smallest absolute Gasteiger partial charge is 0.252 e. The second-order valence-electron chi connectivity index (χ2n) is 3.23. The molecule has 1 unspecified atom stereocenters. The topological polar surface area (TPSA) is 62.7 Å². The van der Waals surface area contributed by atoms with E-state index in [0.717, 1.165) is 0 Å². The number of carbonyl (C=O) groups excluding carboxylic acids is 1. The van der Waals surface area contributed by atoms with E-state index < -0.39 is 5.54 Å². The summed E-state index contributed by atoms with van der Waals surface area (Å²) in [6, 6.07) is 0. The number of methoxy groups -OCH3 is 1. The molecule has 1 heterocycles. The molecule has 13 heavy (non-hydrogen) atoms. The van der Waals surface area contributed by atoms with Crippen LogP contribution in [-0.2, 0) is 9.53 Å². The molecule has 74 valence electrons. The van der Waals surface area contributed by atoms with E-state index in [4.69, 9.17) is 4.74 Å². The molecule has 5 nitrogen and oxygen atoms in total. The predicted octanol–water partition coefficient (Wildman–Crippen LogP) is -0.513. The lowest BCUT2D eigenvalue weighted by Crippen LogP contribution is -2.44. The highest BCUT2D eigenvalue weighted by molar-refractivity contribution is 6.08. The van der Waals surface area contributed by atoms with Gasteiger partial charge in [-0.3, -0.25) is 15.1 Å². The van der Waals surface area contributed by atoms with Crippen molar-refractivity contribution in [3.63, 3.8) is 0 Å². The van der Waals surface area contributed by atoms with Crippen molar-refractivity contribution in [2.45, 2.75) is 18.9 Å². The summed E-state index contributed by atoms with van der Waals surface area (Å²) in [6.45, 7) is 2.38. The van der Waals surface area contributed by atoms with Gasteiger partial charge in [-0.15, -0.1) is 0 Å². The minimum atomic E-state index is -0.579. The van der Waals surface area contributed by atoms with Crippen LogP contribution in [0.1, 0.15) is 13.3 Å². The number of nitrogens with zero attached hydrogens (tertiary/aromatic N) is 1.